The highest BCUT2D eigenvalue weighted by Gasteiger charge is 2.50. The molecule has 1 heterocycles. The van der Waals surface area contributed by atoms with Crippen molar-refractivity contribution in [2.45, 2.75) is 76.7 Å². The highest BCUT2D eigenvalue weighted by atomic mass is 16.5. The third-order valence-corrected chi connectivity index (χ3v) is 4.61. The smallest absolute Gasteiger partial charge is 0.240 e. The largest absolute Gasteiger partial charge is 0.376 e. The van der Waals surface area contributed by atoms with E-state index in [0.29, 0.717) is 12.5 Å². The lowest BCUT2D eigenvalue weighted by Crippen LogP contribution is -2.61. The molecular formula is C16H30N2O3. The van der Waals surface area contributed by atoms with Crippen LogP contribution in [-0.2, 0) is 14.3 Å². The number of ether oxygens (including phenoxy) is 2. The van der Waals surface area contributed by atoms with E-state index in [4.69, 9.17) is 15.2 Å². The lowest BCUT2D eigenvalue weighted by molar-refractivity contribution is -0.136. The second-order valence-electron chi connectivity index (χ2n) is 6.70. The summed E-state index contributed by atoms with van der Waals surface area (Å²) in [6.07, 6.45) is 5.46. The lowest BCUT2D eigenvalue weighted by Gasteiger charge is -2.36. The van der Waals surface area contributed by atoms with Crippen LogP contribution in [0.25, 0.3) is 0 Å². The van der Waals surface area contributed by atoms with Gasteiger partial charge in [-0.15, -0.1) is 0 Å². The first-order chi connectivity index (χ1) is 9.98. The number of nitrogens with one attached hydrogen (secondary N) is 1. The van der Waals surface area contributed by atoms with E-state index in [-0.39, 0.29) is 24.2 Å². The molecule has 2 aliphatic rings. The maximum atomic E-state index is 12.1. The first kappa shape index (κ1) is 16.7. The molecule has 0 bridgehead atoms. The van der Waals surface area contributed by atoms with E-state index < -0.39 is 5.54 Å². The van der Waals surface area contributed by atoms with Crippen LogP contribution in [0.4, 0.5) is 0 Å². The number of rotatable bonds is 8. The molecular weight excluding hydrogens is 268 g/mol. The molecule has 0 radical (unpaired) electrons. The molecule has 21 heavy (non-hydrogen) atoms. The van der Waals surface area contributed by atoms with E-state index in [9.17, 15) is 4.79 Å². The molecule has 1 saturated heterocycles. The van der Waals surface area contributed by atoms with Crippen molar-refractivity contribution < 1.29 is 14.3 Å². The van der Waals surface area contributed by atoms with Crippen LogP contribution in [0.5, 0.6) is 0 Å². The van der Waals surface area contributed by atoms with E-state index in [1.165, 1.54) is 0 Å². The van der Waals surface area contributed by atoms with Gasteiger partial charge in [0.05, 0.1) is 24.9 Å². The molecule has 3 atom stereocenters. The molecule has 2 fully saturated rings. The highest BCUT2D eigenvalue weighted by Crippen LogP contribution is 2.40. The maximum Gasteiger partial charge on any atom is 0.240 e. The first-order valence-corrected chi connectivity index (χ1v) is 8.30. The molecule has 5 heteroatoms. The minimum absolute atomic E-state index is 0.157. The van der Waals surface area contributed by atoms with Gasteiger partial charge in [-0.2, -0.15) is 0 Å². The van der Waals surface area contributed by atoms with Crippen molar-refractivity contribution in [3.63, 3.8) is 0 Å². The van der Waals surface area contributed by atoms with Crippen molar-refractivity contribution in [3.05, 3.63) is 0 Å². The van der Waals surface area contributed by atoms with Gasteiger partial charge in [-0.3, -0.25) is 4.79 Å². The van der Waals surface area contributed by atoms with E-state index in [1.54, 1.807) is 0 Å². The van der Waals surface area contributed by atoms with Gasteiger partial charge in [0, 0.05) is 0 Å². The first-order valence-electron chi connectivity index (χ1n) is 8.30. The number of carbonyl (C=O) groups excluding carboxylic acids is 1. The number of nitrogens with two attached hydrogens (primary N) is 1. The van der Waals surface area contributed by atoms with Crippen molar-refractivity contribution in [2.75, 3.05) is 13.2 Å². The van der Waals surface area contributed by atoms with E-state index in [1.807, 2.05) is 0 Å². The Bertz CT molecular complexity index is 349. The summed E-state index contributed by atoms with van der Waals surface area (Å²) in [5, 5.41) is 3.38. The molecule has 1 amide bonds. The van der Waals surface area contributed by atoms with E-state index in [2.05, 4.69) is 26.1 Å². The number of amides is 1. The second kappa shape index (κ2) is 7.07. The minimum atomic E-state index is -0.680. The van der Waals surface area contributed by atoms with Crippen LogP contribution < -0.4 is 11.1 Å². The Hall–Kier alpha value is -0.650. The highest BCUT2D eigenvalue weighted by molar-refractivity contribution is 5.85. The molecule has 122 valence electrons. The Balaban J connectivity index is 1.96. The zero-order valence-electron chi connectivity index (χ0n) is 13.6. The van der Waals surface area contributed by atoms with Crippen LogP contribution in [0.15, 0.2) is 0 Å². The molecule has 0 aromatic rings. The van der Waals surface area contributed by atoms with Crippen LogP contribution in [-0.4, -0.2) is 42.9 Å². The quantitative estimate of drug-likeness (QED) is 0.714. The van der Waals surface area contributed by atoms with E-state index in [0.717, 1.165) is 38.6 Å². The SMILES string of the molecule is CCCNC(COC1CC(C)OC(C)C1)(C(N)=O)C1CC1. The van der Waals surface area contributed by atoms with Crippen molar-refractivity contribution >= 4 is 5.91 Å². The number of hydrogen-bond acceptors (Lipinski definition) is 4. The molecule has 1 aliphatic carbocycles. The van der Waals surface area contributed by atoms with Gasteiger partial charge in [-0.25, -0.2) is 0 Å². The fraction of sp³-hybridized carbons (Fsp3) is 0.938. The fourth-order valence-electron chi connectivity index (χ4n) is 3.33. The van der Waals surface area contributed by atoms with Gasteiger partial charge in [-0.05, 0) is 58.4 Å². The summed E-state index contributed by atoms with van der Waals surface area (Å²) < 4.78 is 11.8. The normalized spacial score (nSPS) is 32.6. The zero-order valence-corrected chi connectivity index (χ0v) is 13.6. The summed E-state index contributed by atoms with van der Waals surface area (Å²) in [7, 11) is 0. The van der Waals surface area contributed by atoms with Gasteiger partial charge in [-0.1, -0.05) is 6.92 Å². The van der Waals surface area contributed by atoms with Gasteiger partial charge >= 0.3 is 0 Å². The van der Waals surface area contributed by atoms with Crippen LogP contribution in [0.1, 0.15) is 52.9 Å². The topological polar surface area (TPSA) is 73.6 Å². The molecule has 0 spiro atoms. The van der Waals surface area contributed by atoms with Gasteiger partial charge in [0.1, 0.15) is 5.54 Å². The van der Waals surface area contributed by atoms with Crippen LogP contribution >= 0.6 is 0 Å². The Morgan fingerprint density at radius 2 is 1.95 bits per heavy atom. The molecule has 3 N–H and O–H groups in total. The number of carbonyl (C=O) groups is 1. The number of primary amides is 1. The summed E-state index contributed by atoms with van der Waals surface area (Å²) >= 11 is 0. The Morgan fingerprint density at radius 3 is 2.43 bits per heavy atom. The van der Waals surface area contributed by atoms with Crippen LogP contribution in [0, 0.1) is 5.92 Å². The Kier molecular flexibility index (Phi) is 5.63. The summed E-state index contributed by atoms with van der Waals surface area (Å²) in [5.74, 6) is 0.0582. The molecule has 0 aromatic carbocycles. The van der Waals surface area contributed by atoms with Gasteiger partial charge in [0.2, 0.25) is 5.91 Å². The average Bonchev–Trinajstić information content (AvgIpc) is 3.22. The Morgan fingerprint density at radius 1 is 1.33 bits per heavy atom. The van der Waals surface area contributed by atoms with Crippen molar-refractivity contribution in [1.29, 1.82) is 0 Å². The zero-order chi connectivity index (χ0) is 15.5. The summed E-state index contributed by atoms with van der Waals surface area (Å²) in [4.78, 5) is 12.1. The molecule has 1 aliphatic heterocycles. The maximum absolute atomic E-state index is 12.1. The number of hydrogen-bond donors (Lipinski definition) is 2. The van der Waals surface area contributed by atoms with E-state index >= 15 is 0 Å². The predicted molar refractivity (Wildman–Crippen MR) is 81.9 cm³/mol. The summed E-state index contributed by atoms with van der Waals surface area (Å²) in [6, 6.07) is 0. The van der Waals surface area contributed by atoms with Crippen molar-refractivity contribution in [3.8, 4) is 0 Å². The average molecular weight is 298 g/mol. The fourth-order valence-corrected chi connectivity index (χ4v) is 3.33. The molecule has 3 unspecified atom stereocenters. The molecule has 5 nitrogen and oxygen atoms in total. The predicted octanol–water partition coefficient (Wildman–Crippen LogP) is 1.59. The van der Waals surface area contributed by atoms with Gasteiger partial charge in [0.15, 0.2) is 0 Å². The van der Waals surface area contributed by atoms with Crippen LogP contribution in [0.2, 0.25) is 0 Å². The van der Waals surface area contributed by atoms with Gasteiger partial charge in [0.25, 0.3) is 0 Å². The van der Waals surface area contributed by atoms with Crippen molar-refractivity contribution in [2.24, 2.45) is 11.7 Å². The summed E-state index contributed by atoms with van der Waals surface area (Å²) in [5.41, 5.74) is 5.04. The third-order valence-electron chi connectivity index (χ3n) is 4.61. The van der Waals surface area contributed by atoms with Gasteiger partial charge < -0.3 is 20.5 Å². The second-order valence-corrected chi connectivity index (χ2v) is 6.70. The molecule has 2 rings (SSSR count). The summed E-state index contributed by atoms with van der Waals surface area (Å²) in [6.45, 7) is 7.42. The van der Waals surface area contributed by atoms with Crippen LogP contribution in [0.3, 0.4) is 0 Å². The minimum Gasteiger partial charge on any atom is -0.376 e. The molecule has 1 saturated carbocycles. The monoisotopic (exact) mass is 298 g/mol. The molecule has 0 aromatic heterocycles. The van der Waals surface area contributed by atoms with Crippen molar-refractivity contribution in [1.82, 2.24) is 5.32 Å². The third kappa shape index (κ3) is 4.18. The standard InChI is InChI=1S/C16H30N2O3/c1-4-7-18-16(15(17)19,13-5-6-13)10-20-14-8-11(2)21-12(3)9-14/h11-14,18H,4-10H2,1-3H3,(H2,17,19). The Labute approximate surface area is 127 Å². The lowest BCUT2D eigenvalue weighted by atomic mass is 9.92.